The average Bonchev–Trinajstić information content (AvgIpc) is 3.07. The lowest BCUT2D eigenvalue weighted by atomic mass is 9.78. The van der Waals surface area contributed by atoms with Crippen LogP contribution in [0.3, 0.4) is 0 Å². The van der Waals surface area contributed by atoms with Crippen LogP contribution in [0.2, 0.25) is 0 Å². The van der Waals surface area contributed by atoms with E-state index in [1.165, 1.54) is 17.8 Å². The summed E-state index contributed by atoms with van der Waals surface area (Å²) in [7, 11) is 1.73. The highest BCUT2D eigenvalue weighted by Gasteiger charge is 2.41. The predicted octanol–water partition coefficient (Wildman–Crippen LogP) is 3.43. The molecule has 108 valence electrons. The van der Waals surface area contributed by atoms with Crippen LogP contribution in [-0.2, 0) is 10.3 Å². The SMILES string of the molecule is COC1(c2noc(-c3sccc3N)n2)CCCC(C)C1. The van der Waals surface area contributed by atoms with Crippen LogP contribution < -0.4 is 5.73 Å². The fraction of sp³-hybridized carbons (Fsp3) is 0.571. The smallest absolute Gasteiger partial charge is 0.270 e. The maximum Gasteiger partial charge on any atom is 0.270 e. The standard InChI is InChI=1S/C14H19N3O2S/c1-9-4-3-6-14(8-9,18-2)13-16-12(19-17-13)11-10(15)5-7-20-11/h5,7,9H,3-4,6,8,15H2,1-2H3. The Morgan fingerprint density at radius 2 is 2.40 bits per heavy atom. The van der Waals surface area contributed by atoms with E-state index in [1.54, 1.807) is 7.11 Å². The molecule has 6 heteroatoms. The van der Waals surface area contributed by atoms with Crippen molar-refractivity contribution in [2.75, 3.05) is 12.8 Å². The molecule has 2 N–H and O–H groups in total. The molecular formula is C14H19N3O2S. The minimum Gasteiger partial charge on any atom is -0.397 e. The molecule has 0 radical (unpaired) electrons. The van der Waals surface area contributed by atoms with Crippen molar-refractivity contribution in [2.24, 2.45) is 5.92 Å². The fourth-order valence-corrected chi connectivity index (χ4v) is 3.72. The van der Waals surface area contributed by atoms with Crippen molar-refractivity contribution in [3.05, 3.63) is 17.3 Å². The fourth-order valence-electron chi connectivity index (χ4n) is 2.98. The molecule has 1 fully saturated rings. The van der Waals surface area contributed by atoms with Gasteiger partial charge in [-0.1, -0.05) is 18.5 Å². The molecule has 5 nitrogen and oxygen atoms in total. The molecule has 0 amide bonds. The summed E-state index contributed by atoms with van der Waals surface area (Å²) in [6, 6.07) is 1.85. The quantitative estimate of drug-likeness (QED) is 0.938. The van der Waals surface area contributed by atoms with Crippen molar-refractivity contribution in [1.82, 2.24) is 10.1 Å². The van der Waals surface area contributed by atoms with Crippen molar-refractivity contribution in [2.45, 2.75) is 38.2 Å². The number of methoxy groups -OCH3 is 1. The number of anilines is 1. The number of thiophene rings is 1. The van der Waals surface area contributed by atoms with Crippen molar-refractivity contribution < 1.29 is 9.26 Å². The van der Waals surface area contributed by atoms with E-state index in [4.69, 9.17) is 15.0 Å². The molecule has 1 aliphatic rings. The topological polar surface area (TPSA) is 74.2 Å². The van der Waals surface area contributed by atoms with Gasteiger partial charge in [-0.25, -0.2) is 0 Å². The number of rotatable bonds is 3. The van der Waals surface area contributed by atoms with E-state index in [1.807, 2.05) is 11.4 Å². The molecule has 2 aromatic heterocycles. The zero-order chi connectivity index (χ0) is 14.2. The third-order valence-corrected chi connectivity index (χ3v) is 4.99. The molecule has 2 aromatic rings. The van der Waals surface area contributed by atoms with Crippen LogP contribution in [0.1, 0.15) is 38.4 Å². The number of nitrogens with two attached hydrogens (primary N) is 1. The van der Waals surface area contributed by atoms with E-state index in [0.717, 1.165) is 24.1 Å². The second-order valence-corrected chi connectivity index (χ2v) is 6.44. The summed E-state index contributed by atoms with van der Waals surface area (Å²) in [5, 5.41) is 6.07. The molecule has 0 aliphatic heterocycles. The van der Waals surface area contributed by atoms with Gasteiger partial charge < -0.3 is 15.0 Å². The Morgan fingerprint density at radius 1 is 1.55 bits per heavy atom. The predicted molar refractivity (Wildman–Crippen MR) is 78.3 cm³/mol. The number of hydrogen-bond acceptors (Lipinski definition) is 6. The van der Waals surface area contributed by atoms with Crippen LogP contribution in [0.15, 0.2) is 16.0 Å². The highest BCUT2D eigenvalue weighted by atomic mass is 32.1. The minimum absolute atomic E-state index is 0.411. The molecule has 3 rings (SSSR count). The molecule has 2 heterocycles. The third-order valence-electron chi connectivity index (χ3n) is 4.07. The molecule has 1 saturated carbocycles. The zero-order valence-corrected chi connectivity index (χ0v) is 12.6. The minimum atomic E-state index is -0.411. The van der Waals surface area contributed by atoms with Gasteiger partial charge in [-0.05, 0) is 36.6 Å². The third kappa shape index (κ3) is 2.23. The van der Waals surface area contributed by atoms with Gasteiger partial charge >= 0.3 is 0 Å². The van der Waals surface area contributed by atoms with E-state index in [-0.39, 0.29) is 0 Å². The van der Waals surface area contributed by atoms with E-state index in [0.29, 0.717) is 23.3 Å². The van der Waals surface area contributed by atoms with Gasteiger partial charge in [0.1, 0.15) is 10.5 Å². The maximum absolute atomic E-state index is 5.90. The lowest BCUT2D eigenvalue weighted by Crippen LogP contribution is -2.35. The van der Waals surface area contributed by atoms with Crippen LogP contribution in [0.5, 0.6) is 0 Å². The van der Waals surface area contributed by atoms with Crippen LogP contribution in [0, 0.1) is 5.92 Å². The molecule has 2 unspecified atom stereocenters. The Kier molecular flexibility index (Phi) is 3.52. The first-order chi connectivity index (χ1) is 9.64. The first-order valence-electron chi connectivity index (χ1n) is 6.87. The summed E-state index contributed by atoms with van der Waals surface area (Å²) in [5.41, 5.74) is 6.16. The van der Waals surface area contributed by atoms with Gasteiger partial charge in [0, 0.05) is 7.11 Å². The van der Waals surface area contributed by atoms with Crippen molar-refractivity contribution in [3.63, 3.8) is 0 Å². The molecule has 0 bridgehead atoms. The van der Waals surface area contributed by atoms with E-state index in [2.05, 4.69) is 17.1 Å². The second kappa shape index (κ2) is 5.18. The van der Waals surface area contributed by atoms with Gasteiger partial charge in [-0.2, -0.15) is 4.98 Å². The van der Waals surface area contributed by atoms with Crippen molar-refractivity contribution in [3.8, 4) is 10.8 Å². The normalized spacial score (nSPS) is 26.8. The van der Waals surface area contributed by atoms with Crippen LogP contribution in [0.4, 0.5) is 5.69 Å². The lowest BCUT2D eigenvalue weighted by molar-refractivity contribution is -0.0658. The van der Waals surface area contributed by atoms with E-state index in [9.17, 15) is 0 Å². The largest absolute Gasteiger partial charge is 0.397 e. The number of nitrogen functional groups attached to an aromatic ring is 1. The number of nitrogens with zero attached hydrogens (tertiary/aromatic N) is 2. The first kappa shape index (κ1) is 13.6. The van der Waals surface area contributed by atoms with Gasteiger partial charge in [0.15, 0.2) is 0 Å². The lowest BCUT2D eigenvalue weighted by Gasteiger charge is -2.36. The Labute approximate surface area is 122 Å². The Balaban J connectivity index is 1.94. The summed E-state index contributed by atoms with van der Waals surface area (Å²) < 4.78 is 11.2. The highest BCUT2D eigenvalue weighted by molar-refractivity contribution is 7.14. The van der Waals surface area contributed by atoms with Crippen molar-refractivity contribution >= 4 is 17.0 Å². The van der Waals surface area contributed by atoms with Gasteiger partial charge in [0.05, 0.1) is 5.69 Å². The molecule has 0 saturated heterocycles. The molecule has 2 atom stereocenters. The number of aromatic nitrogens is 2. The molecule has 0 aromatic carbocycles. The summed E-state index contributed by atoms with van der Waals surface area (Å²) in [4.78, 5) is 5.37. The van der Waals surface area contributed by atoms with Gasteiger partial charge in [0.2, 0.25) is 5.82 Å². The maximum atomic E-state index is 5.90. The molecule has 20 heavy (non-hydrogen) atoms. The Morgan fingerprint density at radius 3 is 3.05 bits per heavy atom. The summed E-state index contributed by atoms with van der Waals surface area (Å²) in [6.45, 7) is 2.24. The van der Waals surface area contributed by atoms with Crippen LogP contribution in [0.25, 0.3) is 10.8 Å². The van der Waals surface area contributed by atoms with Crippen LogP contribution >= 0.6 is 11.3 Å². The van der Waals surface area contributed by atoms with Crippen LogP contribution in [-0.4, -0.2) is 17.3 Å². The second-order valence-electron chi connectivity index (χ2n) is 5.53. The van der Waals surface area contributed by atoms with E-state index < -0.39 is 5.60 Å². The summed E-state index contributed by atoms with van der Waals surface area (Å²) in [6.07, 6.45) is 4.23. The zero-order valence-electron chi connectivity index (χ0n) is 11.8. The molecular weight excluding hydrogens is 274 g/mol. The van der Waals surface area contributed by atoms with Gasteiger partial charge in [-0.15, -0.1) is 11.3 Å². The Bertz CT molecular complexity index is 595. The van der Waals surface area contributed by atoms with Gasteiger partial charge in [-0.3, -0.25) is 0 Å². The van der Waals surface area contributed by atoms with Gasteiger partial charge in [0.25, 0.3) is 5.89 Å². The Hall–Kier alpha value is -1.40. The molecule has 1 aliphatic carbocycles. The number of hydrogen-bond donors (Lipinski definition) is 1. The highest BCUT2D eigenvalue weighted by Crippen LogP contribution is 2.42. The van der Waals surface area contributed by atoms with E-state index >= 15 is 0 Å². The number of ether oxygens (including phenoxy) is 1. The average molecular weight is 293 g/mol. The summed E-state index contributed by atoms with van der Waals surface area (Å²) in [5.74, 6) is 1.74. The first-order valence-corrected chi connectivity index (χ1v) is 7.75. The molecule has 0 spiro atoms. The monoisotopic (exact) mass is 293 g/mol. The summed E-state index contributed by atoms with van der Waals surface area (Å²) >= 11 is 1.51. The van der Waals surface area contributed by atoms with Crippen molar-refractivity contribution in [1.29, 1.82) is 0 Å².